The van der Waals surface area contributed by atoms with Gasteiger partial charge >= 0.3 is 88.7 Å². The van der Waals surface area contributed by atoms with Gasteiger partial charge < -0.3 is 19.0 Å². The van der Waals surface area contributed by atoms with Crippen molar-refractivity contribution >= 4 is 49.2 Å². The molecule has 34 heavy (non-hydrogen) atoms. The second kappa shape index (κ2) is 12.6. The molecule has 0 fully saturated rings. The first-order valence-electron chi connectivity index (χ1n) is 8.01. The fraction of sp³-hybridized carbons (Fsp3) is 0.0625. The molecule has 162 valence electrons. The third-order valence-electron chi connectivity index (χ3n) is 4.24. The van der Waals surface area contributed by atoms with E-state index < -0.39 is 59.2 Å². The molecule has 1 aliphatic heterocycles. The number of hydrogen-bond acceptors (Lipinski definition) is 12. The Balaban J connectivity index is 0.00000363. The number of amides is 1. The minimum atomic E-state index is -4.91. The van der Waals surface area contributed by atoms with Crippen molar-refractivity contribution in [3.63, 3.8) is 0 Å². The number of benzene rings is 2. The van der Waals surface area contributed by atoms with Gasteiger partial charge in [0.15, 0.2) is 0 Å². The number of rotatable bonds is 6. The van der Waals surface area contributed by atoms with E-state index in [-0.39, 0.29) is 99.9 Å². The fourth-order valence-corrected chi connectivity index (χ4v) is 3.81. The Morgan fingerprint density at radius 3 is 1.88 bits per heavy atom. The van der Waals surface area contributed by atoms with Gasteiger partial charge in [-0.3, -0.25) is 4.79 Å². The molecule has 0 saturated heterocycles. The maximum atomic E-state index is 12.9. The number of hydrazone groups is 1. The van der Waals surface area contributed by atoms with E-state index in [0.29, 0.717) is 11.1 Å². The van der Waals surface area contributed by atoms with Gasteiger partial charge in [0, 0.05) is 0 Å². The van der Waals surface area contributed by atoms with Crippen LogP contribution in [0.15, 0.2) is 62.5 Å². The number of anilines is 1. The van der Waals surface area contributed by atoms with Crippen molar-refractivity contribution < 1.29 is 129 Å². The van der Waals surface area contributed by atoms with Crippen molar-refractivity contribution in [1.29, 1.82) is 5.53 Å². The molecule has 1 atom stereocenters. The number of hydrogen-bond donors (Lipinski definition) is 1. The molecule has 0 aromatic heterocycles. The van der Waals surface area contributed by atoms with Crippen molar-refractivity contribution in [2.75, 3.05) is 5.01 Å². The van der Waals surface area contributed by atoms with Crippen LogP contribution in [0.4, 0.5) is 11.4 Å². The molecule has 2 aromatic carbocycles. The molecule has 1 heterocycles. The molecule has 0 saturated carbocycles. The number of nitrogens with zero attached hydrogens (tertiary/aromatic N) is 3. The topological polar surface area (TPSA) is 223 Å². The standard InChI is InChI=1S/C16H12N4O9S2.3Na/c17-18-12-7-10(31(27,28)29)5-6-11(12)13-14(16(22)23)19-20(15(13)21)8-1-3-9(4-2-8)30(24,25)26;;;/h1-7,13,17H,(H,22,23)(H,24,25,26)(H,27,28,29);;;/q;3*+1/p-3. The largest absolute Gasteiger partial charge is 1.00 e. The van der Waals surface area contributed by atoms with Gasteiger partial charge in [0.25, 0.3) is 5.91 Å². The Labute approximate surface area is 259 Å². The maximum Gasteiger partial charge on any atom is 1.00 e. The molecular weight excluding hydrogens is 525 g/mol. The summed E-state index contributed by atoms with van der Waals surface area (Å²) in [6, 6.07) is 6.37. The van der Waals surface area contributed by atoms with Gasteiger partial charge in [-0.25, -0.2) is 22.4 Å². The van der Waals surface area contributed by atoms with Gasteiger partial charge in [-0.05, 0) is 42.0 Å². The van der Waals surface area contributed by atoms with Crippen LogP contribution in [0.2, 0.25) is 0 Å². The number of nitrogens with one attached hydrogen (secondary N) is 1. The van der Waals surface area contributed by atoms with E-state index in [0.717, 1.165) is 36.4 Å². The van der Waals surface area contributed by atoms with Crippen LogP contribution < -0.4 is 98.8 Å². The monoisotopic (exact) mass is 534 g/mol. The van der Waals surface area contributed by atoms with E-state index in [1.54, 1.807) is 0 Å². The number of carbonyl (C=O) groups excluding carboxylic acids is 2. The Morgan fingerprint density at radius 2 is 1.44 bits per heavy atom. The van der Waals surface area contributed by atoms with Crippen molar-refractivity contribution in [2.24, 2.45) is 10.2 Å². The summed E-state index contributed by atoms with van der Waals surface area (Å²) in [6.45, 7) is 0. The predicted octanol–water partition coefficient (Wildman–Crippen LogP) is -9.59. The first kappa shape index (κ1) is 33.5. The summed E-state index contributed by atoms with van der Waals surface area (Å²) >= 11 is 0. The smallest absolute Gasteiger partial charge is 0.744 e. The van der Waals surface area contributed by atoms with Gasteiger partial charge in [-0.1, -0.05) is 6.07 Å². The Morgan fingerprint density at radius 1 is 0.941 bits per heavy atom. The van der Waals surface area contributed by atoms with Gasteiger partial charge in [0.05, 0.1) is 27.1 Å². The molecule has 1 N–H and O–H groups in total. The molecule has 18 heteroatoms. The molecule has 0 aliphatic carbocycles. The van der Waals surface area contributed by atoms with Gasteiger partial charge in [0.1, 0.15) is 31.9 Å². The van der Waals surface area contributed by atoms with Crippen molar-refractivity contribution in [3.8, 4) is 0 Å². The zero-order valence-electron chi connectivity index (χ0n) is 18.0. The van der Waals surface area contributed by atoms with Crippen LogP contribution in [0.5, 0.6) is 0 Å². The third-order valence-corrected chi connectivity index (χ3v) is 5.92. The molecule has 3 rings (SSSR count). The molecule has 0 spiro atoms. The average Bonchev–Trinajstić information content (AvgIpc) is 3.03. The van der Waals surface area contributed by atoms with Crippen LogP contribution in [0.25, 0.3) is 0 Å². The van der Waals surface area contributed by atoms with Crippen LogP contribution in [0, 0.1) is 5.53 Å². The van der Waals surface area contributed by atoms with Crippen LogP contribution in [0.1, 0.15) is 11.5 Å². The van der Waals surface area contributed by atoms with Crippen LogP contribution in [0.3, 0.4) is 0 Å². The summed E-state index contributed by atoms with van der Waals surface area (Å²) in [4.78, 5) is 23.1. The fourth-order valence-electron chi connectivity index (χ4n) is 2.85. The average molecular weight is 534 g/mol. The number of carbonyl (C=O) groups is 2. The quantitative estimate of drug-likeness (QED) is 0.211. The molecule has 0 bridgehead atoms. The zero-order valence-corrected chi connectivity index (χ0v) is 25.6. The van der Waals surface area contributed by atoms with E-state index in [1.165, 1.54) is 0 Å². The van der Waals surface area contributed by atoms with Gasteiger partial charge in [-0.15, -0.1) is 0 Å². The molecule has 2 aromatic rings. The van der Waals surface area contributed by atoms with E-state index >= 15 is 0 Å². The summed E-state index contributed by atoms with van der Waals surface area (Å²) < 4.78 is 66.6. The normalized spacial score (nSPS) is 15.4. The SMILES string of the molecule is N=Nc1cc(S(=O)(=O)[O-])ccc1C1C(=O)N(c2ccc(S(=O)(=O)[O-])cc2)N=C1C(=O)[O-].[Na+].[Na+].[Na+]. The summed E-state index contributed by atoms with van der Waals surface area (Å²) in [5, 5.41) is 18.9. The molecule has 1 aliphatic rings. The molecular formula is C16H9N4Na3O9S2. The Kier molecular flexibility index (Phi) is 12.4. The second-order valence-electron chi connectivity index (χ2n) is 6.09. The minimum absolute atomic E-state index is 0. The Bertz CT molecular complexity index is 1360. The van der Waals surface area contributed by atoms with Crippen LogP contribution in [-0.4, -0.2) is 43.5 Å². The predicted molar refractivity (Wildman–Crippen MR) is 96.3 cm³/mol. The van der Waals surface area contributed by atoms with Crippen molar-refractivity contribution in [1.82, 2.24) is 0 Å². The summed E-state index contributed by atoms with van der Waals surface area (Å²) in [5.41, 5.74) is 5.63. The van der Waals surface area contributed by atoms with Crippen molar-refractivity contribution in [2.45, 2.75) is 15.7 Å². The third kappa shape index (κ3) is 7.03. The summed E-state index contributed by atoms with van der Waals surface area (Å²) in [5.74, 6) is -4.49. The molecule has 1 unspecified atom stereocenters. The number of carboxylic acid groups (broad SMARTS) is 1. The first-order chi connectivity index (χ1) is 14.3. The minimum Gasteiger partial charge on any atom is -0.744 e. The van der Waals surface area contributed by atoms with E-state index in [4.69, 9.17) is 5.53 Å². The second-order valence-corrected chi connectivity index (χ2v) is 8.85. The van der Waals surface area contributed by atoms with Crippen LogP contribution in [-0.2, 0) is 29.8 Å². The number of carboxylic acids is 1. The number of aliphatic carboxylic acids is 1. The van der Waals surface area contributed by atoms with Gasteiger partial charge in [0.2, 0.25) is 0 Å². The van der Waals surface area contributed by atoms with E-state index in [2.05, 4.69) is 10.2 Å². The molecule has 13 nitrogen and oxygen atoms in total. The zero-order chi connectivity index (χ0) is 23.1. The summed E-state index contributed by atoms with van der Waals surface area (Å²) in [7, 11) is -9.67. The van der Waals surface area contributed by atoms with Crippen LogP contribution >= 0.6 is 0 Å². The van der Waals surface area contributed by atoms with E-state index in [1.807, 2.05) is 0 Å². The molecule has 0 radical (unpaired) electrons. The van der Waals surface area contributed by atoms with Crippen molar-refractivity contribution in [3.05, 3.63) is 48.0 Å². The maximum absolute atomic E-state index is 12.9. The summed E-state index contributed by atoms with van der Waals surface area (Å²) in [6.07, 6.45) is 0. The van der Waals surface area contributed by atoms with Gasteiger partial charge in [-0.2, -0.15) is 15.2 Å². The first-order valence-corrected chi connectivity index (χ1v) is 10.8. The molecule has 1 amide bonds. The Hall–Kier alpha value is -0.530. The van der Waals surface area contributed by atoms with E-state index in [9.17, 15) is 40.6 Å².